The first-order chi connectivity index (χ1) is 9.47. The molecule has 0 spiro atoms. The molecule has 6 heteroatoms. The van der Waals surface area contributed by atoms with Crippen molar-refractivity contribution >= 4 is 33.7 Å². The maximum atomic E-state index is 12.5. The van der Waals surface area contributed by atoms with Crippen LogP contribution in [0.4, 0.5) is 0 Å². The van der Waals surface area contributed by atoms with Crippen LogP contribution in [0.1, 0.15) is 26.2 Å². The van der Waals surface area contributed by atoms with E-state index in [1.165, 1.54) is 11.0 Å². The summed E-state index contributed by atoms with van der Waals surface area (Å²) in [7, 11) is 0. The third-order valence-corrected chi connectivity index (χ3v) is 4.28. The number of ether oxygens (including phenoxy) is 1. The fourth-order valence-electron chi connectivity index (χ4n) is 2.45. The Labute approximate surface area is 124 Å². The Bertz CT molecular complexity index is 572. The van der Waals surface area contributed by atoms with E-state index in [-0.39, 0.29) is 22.9 Å². The van der Waals surface area contributed by atoms with Crippen LogP contribution in [0.5, 0.6) is 0 Å². The van der Waals surface area contributed by atoms with Gasteiger partial charge >= 0.3 is 5.97 Å². The monoisotopic (exact) mass is 339 g/mol. The minimum Gasteiger partial charge on any atom is -0.425 e. The summed E-state index contributed by atoms with van der Waals surface area (Å²) in [6.07, 6.45) is 3.45. The lowest BCUT2D eigenvalue weighted by Gasteiger charge is -2.31. The number of esters is 1. The average Bonchev–Trinajstić information content (AvgIpc) is 3.16. The number of carbonyl (C=O) groups excluding carboxylic acids is 3. The van der Waals surface area contributed by atoms with E-state index in [1.807, 2.05) is 6.92 Å². The Morgan fingerprint density at radius 1 is 1.40 bits per heavy atom. The Morgan fingerprint density at radius 2 is 2.10 bits per heavy atom. The first-order valence-electron chi connectivity index (χ1n) is 6.63. The van der Waals surface area contributed by atoms with Gasteiger partial charge in [0.05, 0.1) is 12.0 Å². The zero-order valence-corrected chi connectivity index (χ0v) is 12.6. The summed E-state index contributed by atoms with van der Waals surface area (Å²) in [5.41, 5.74) is 1.06. The molecule has 0 saturated heterocycles. The Morgan fingerprint density at radius 3 is 2.70 bits per heavy atom. The molecule has 0 bridgehead atoms. The molecule has 3 aliphatic rings. The highest BCUT2D eigenvalue weighted by molar-refractivity contribution is 9.09. The van der Waals surface area contributed by atoms with Crippen LogP contribution in [0.3, 0.4) is 0 Å². The van der Waals surface area contributed by atoms with Crippen molar-refractivity contribution < 1.29 is 19.1 Å². The third kappa shape index (κ3) is 2.32. The van der Waals surface area contributed by atoms with E-state index in [1.54, 1.807) is 0 Å². The number of nitrogens with zero attached hydrogens (tertiary/aromatic N) is 1. The zero-order chi connectivity index (χ0) is 14.4. The van der Waals surface area contributed by atoms with Crippen molar-refractivity contribution in [3.8, 4) is 0 Å². The summed E-state index contributed by atoms with van der Waals surface area (Å²) < 4.78 is 5.06. The summed E-state index contributed by atoms with van der Waals surface area (Å²) in [5.74, 6) is -0.637. The first kappa shape index (κ1) is 13.5. The van der Waals surface area contributed by atoms with Gasteiger partial charge in [-0.1, -0.05) is 15.9 Å². The molecule has 1 fully saturated rings. The summed E-state index contributed by atoms with van der Waals surface area (Å²) in [5, 5.41) is 0. The lowest BCUT2D eigenvalue weighted by Crippen LogP contribution is -2.44. The Kier molecular flexibility index (Phi) is 3.28. The summed E-state index contributed by atoms with van der Waals surface area (Å²) in [6, 6.07) is 0. The number of hydrogen-bond donors (Lipinski definition) is 0. The molecule has 1 atom stereocenters. The van der Waals surface area contributed by atoms with Gasteiger partial charge < -0.3 is 4.74 Å². The first-order valence-corrected chi connectivity index (χ1v) is 7.54. The molecule has 1 saturated carbocycles. The topological polar surface area (TPSA) is 63.7 Å². The fourth-order valence-corrected chi connectivity index (χ4v) is 2.84. The maximum Gasteiger partial charge on any atom is 0.315 e. The van der Waals surface area contributed by atoms with Gasteiger partial charge in [-0.25, -0.2) is 0 Å². The molecule has 5 nitrogen and oxygen atoms in total. The number of alkyl halides is 1. The molecular formula is C14H14BrNO4. The SMILES string of the molecule is C[C@@H](Br)C1=C2C(=O)N(CC3CC3)C(=O)C=C2OC(=O)C1. The molecule has 0 aromatic carbocycles. The molecular weight excluding hydrogens is 326 g/mol. The van der Waals surface area contributed by atoms with Crippen molar-refractivity contribution in [1.82, 2.24) is 4.90 Å². The highest BCUT2D eigenvalue weighted by Gasteiger charge is 2.41. The lowest BCUT2D eigenvalue weighted by molar-refractivity contribution is -0.143. The molecule has 2 aliphatic heterocycles. The highest BCUT2D eigenvalue weighted by atomic mass is 79.9. The molecule has 20 heavy (non-hydrogen) atoms. The molecule has 0 radical (unpaired) electrons. The molecule has 2 amide bonds. The number of halogens is 1. The minimum absolute atomic E-state index is 0.0797. The normalized spacial score (nSPS) is 24.4. The smallest absolute Gasteiger partial charge is 0.315 e. The van der Waals surface area contributed by atoms with Crippen LogP contribution in [0, 0.1) is 5.92 Å². The van der Waals surface area contributed by atoms with Gasteiger partial charge in [0.25, 0.3) is 11.8 Å². The van der Waals surface area contributed by atoms with E-state index in [9.17, 15) is 14.4 Å². The van der Waals surface area contributed by atoms with Crippen LogP contribution in [0.15, 0.2) is 23.0 Å². The second kappa shape index (κ2) is 4.84. The average molecular weight is 340 g/mol. The number of imide groups is 1. The van der Waals surface area contributed by atoms with Crippen LogP contribution >= 0.6 is 15.9 Å². The number of rotatable bonds is 3. The fraction of sp³-hybridized carbons (Fsp3) is 0.500. The second-order valence-electron chi connectivity index (χ2n) is 5.37. The van der Waals surface area contributed by atoms with E-state index in [2.05, 4.69) is 15.9 Å². The van der Waals surface area contributed by atoms with Crippen LogP contribution in [0.25, 0.3) is 0 Å². The quantitative estimate of drug-likeness (QED) is 0.445. The number of carbonyl (C=O) groups is 3. The largest absolute Gasteiger partial charge is 0.425 e. The predicted molar refractivity (Wildman–Crippen MR) is 73.7 cm³/mol. The molecule has 0 aromatic heterocycles. The van der Waals surface area contributed by atoms with Crippen molar-refractivity contribution in [2.45, 2.75) is 31.0 Å². The van der Waals surface area contributed by atoms with Gasteiger partial charge in [-0.3, -0.25) is 19.3 Å². The number of fused-ring (bicyclic) bond motifs is 1. The van der Waals surface area contributed by atoms with Crippen LogP contribution in [-0.4, -0.2) is 34.1 Å². The van der Waals surface area contributed by atoms with Crippen LogP contribution in [-0.2, 0) is 19.1 Å². The standard InChI is InChI=1S/C14H14BrNO4/c1-7(15)9-4-12(18)20-10-5-11(17)16(6-8-2-3-8)14(19)13(9)10/h5,7-8H,2-4,6H2,1H3/t7-/m1/s1. The van der Waals surface area contributed by atoms with Crippen LogP contribution in [0.2, 0.25) is 0 Å². The van der Waals surface area contributed by atoms with Gasteiger partial charge in [0.1, 0.15) is 5.76 Å². The minimum atomic E-state index is -0.433. The third-order valence-electron chi connectivity index (χ3n) is 3.72. The molecule has 106 valence electrons. The van der Waals surface area contributed by atoms with E-state index < -0.39 is 11.9 Å². The van der Waals surface area contributed by atoms with Crippen molar-refractivity contribution in [2.75, 3.05) is 6.54 Å². The van der Waals surface area contributed by atoms with Crippen molar-refractivity contribution in [3.05, 3.63) is 23.0 Å². The second-order valence-corrected chi connectivity index (χ2v) is 6.75. The number of hydrogen-bond acceptors (Lipinski definition) is 4. The molecule has 0 aromatic rings. The number of amides is 2. The van der Waals surface area contributed by atoms with Crippen LogP contribution < -0.4 is 0 Å². The zero-order valence-electron chi connectivity index (χ0n) is 11.0. The van der Waals surface area contributed by atoms with Gasteiger partial charge in [-0.2, -0.15) is 0 Å². The summed E-state index contributed by atoms with van der Waals surface area (Å²) in [6.45, 7) is 2.32. The maximum absolute atomic E-state index is 12.5. The van der Waals surface area contributed by atoms with E-state index in [4.69, 9.17) is 4.74 Å². The van der Waals surface area contributed by atoms with Crippen molar-refractivity contribution in [3.63, 3.8) is 0 Å². The highest BCUT2D eigenvalue weighted by Crippen LogP contribution is 2.36. The molecule has 0 N–H and O–H groups in total. The van der Waals surface area contributed by atoms with Gasteiger partial charge in [0, 0.05) is 17.4 Å². The lowest BCUT2D eigenvalue weighted by atomic mass is 9.94. The van der Waals surface area contributed by atoms with Gasteiger partial charge in [0.15, 0.2) is 0 Å². The van der Waals surface area contributed by atoms with Gasteiger partial charge in [0.2, 0.25) is 0 Å². The van der Waals surface area contributed by atoms with Crippen molar-refractivity contribution in [1.29, 1.82) is 0 Å². The van der Waals surface area contributed by atoms with E-state index >= 15 is 0 Å². The van der Waals surface area contributed by atoms with Crippen molar-refractivity contribution in [2.24, 2.45) is 5.92 Å². The summed E-state index contributed by atoms with van der Waals surface area (Å²) >= 11 is 3.40. The Hall–Kier alpha value is -1.43. The molecule has 1 aliphatic carbocycles. The Balaban J connectivity index is 2.03. The molecule has 0 unspecified atom stereocenters. The van der Waals surface area contributed by atoms with Gasteiger partial charge in [-0.15, -0.1) is 0 Å². The molecule has 3 rings (SSSR count). The van der Waals surface area contributed by atoms with E-state index in [0.29, 0.717) is 23.6 Å². The predicted octanol–water partition coefficient (Wildman–Crippen LogP) is 1.68. The van der Waals surface area contributed by atoms with Gasteiger partial charge in [-0.05, 0) is 31.3 Å². The summed E-state index contributed by atoms with van der Waals surface area (Å²) in [4.78, 5) is 37.3. The molecule has 2 heterocycles. The van der Waals surface area contributed by atoms with E-state index in [0.717, 1.165) is 12.8 Å².